The van der Waals surface area contributed by atoms with Crippen molar-refractivity contribution in [3.05, 3.63) is 23.3 Å². The maximum atomic E-state index is 12.2. The van der Waals surface area contributed by atoms with Crippen molar-refractivity contribution in [2.45, 2.75) is 34.1 Å². The zero-order valence-corrected chi connectivity index (χ0v) is 12.7. The minimum Gasteiger partial charge on any atom is -0.372 e. The van der Waals surface area contributed by atoms with Gasteiger partial charge >= 0.3 is 0 Å². The van der Waals surface area contributed by atoms with Crippen molar-refractivity contribution in [2.75, 3.05) is 29.4 Å². The molecule has 1 aromatic carbocycles. The first-order valence-electron chi connectivity index (χ1n) is 7.20. The molecule has 0 fully saturated rings. The topological polar surface area (TPSA) is 40.6 Å². The van der Waals surface area contributed by atoms with Gasteiger partial charge in [-0.25, -0.2) is 0 Å². The van der Waals surface area contributed by atoms with Gasteiger partial charge in [-0.1, -0.05) is 0 Å². The standard InChI is InChI=1S/C16H22N2O2/c1-5-17(6-2)13-9-11(3)16-14(10-13)15(20)7-8-18(16)12(4)19/h9-10H,5-8H2,1-4H3. The van der Waals surface area contributed by atoms with Crippen LogP contribution in [0.15, 0.2) is 12.1 Å². The minimum atomic E-state index is -0.00237. The molecule has 0 unspecified atom stereocenters. The van der Waals surface area contributed by atoms with Gasteiger partial charge in [-0.15, -0.1) is 0 Å². The van der Waals surface area contributed by atoms with E-state index in [0.29, 0.717) is 18.5 Å². The second-order valence-corrected chi connectivity index (χ2v) is 5.17. The number of hydrogen-bond donors (Lipinski definition) is 0. The van der Waals surface area contributed by atoms with Crippen LogP contribution in [-0.2, 0) is 4.79 Å². The molecule has 0 aliphatic carbocycles. The van der Waals surface area contributed by atoms with Crippen molar-refractivity contribution in [1.82, 2.24) is 0 Å². The lowest BCUT2D eigenvalue weighted by atomic mass is 9.95. The lowest BCUT2D eigenvalue weighted by Gasteiger charge is -2.31. The summed E-state index contributed by atoms with van der Waals surface area (Å²) in [6.45, 7) is 10.0. The van der Waals surface area contributed by atoms with Gasteiger partial charge in [0, 0.05) is 44.2 Å². The number of rotatable bonds is 3. The normalized spacial score (nSPS) is 14.2. The Labute approximate surface area is 120 Å². The van der Waals surface area contributed by atoms with Crippen molar-refractivity contribution in [3.8, 4) is 0 Å². The zero-order chi connectivity index (χ0) is 14.9. The van der Waals surface area contributed by atoms with Gasteiger partial charge in [-0.05, 0) is 38.5 Å². The highest BCUT2D eigenvalue weighted by Gasteiger charge is 2.28. The molecule has 1 aromatic rings. The third-order valence-corrected chi connectivity index (χ3v) is 3.93. The number of benzene rings is 1. The number of ketones is 1. The second kappa shape index (κ2) is 5.65. The predicted molar refractivity (Wildman–Crippen MR) is 81.7 cm³/mol. The van der Waals surface area contributed by atoms with Crippen molar-refractivity contribution in [3.63, 3.8) is 0 Å². The number of carbonyl (C=O) groups excluding carboxylic acids is 2. The number of aryl methyl sites for hydroxylation is 1. The van der Waals surface area contributed by atoms with Crippen LogP contribution < -0.4 is 9.80 Å². The molecular formula is C16H22N2O2. The van der Waals surface area contributed by atoms with E-state index in [-0.39, 0.29) is 11.7 Å². The SMILES string of the molecule is CCN(CC)c1cc(C)c2c(c1)C(=O)CCN2C(C)=O. The van der Waals surface area contributed by atoms with Crippen LogP contribution in [0.4, 0.5) is 11.4 Å². The number of fused-ring (bicyclic) bond motifs is 1. The van der Waals surface area contributed by atoms with Crippen LogP contribution in [-0.4, -0.2) is 31.3 Å². The van der Waals surface area contributed by atoms with Gasteiger partial charge in [0.1, 0.15) is 0 Å². The smallest absolute Gasteiger partial charge is 0.223 e. The van der Waals surface area contributed by atoms with E-state index in [1.54, 1.807) is 11.8 Å². The number of anilines is 2. The molecule has 1 aliphatic heterocycles. The molecule has 4 nitrogen and oxygen atoms in total. The molecule has 1 heterocycles. The molecule has 2 rings (SSSR count). The lowest BCUT2D eigenvalue weighted by molar-refractivity contribution is -0.116. The fourth-order valence-electron chi connectivity index (χ4n) is 2.88. The van der Waals surface area contributed by atoms with Crippen molar-refractivity contribution in [2.24, 2.45) is 0 Å². The molecule has 0 bridgehead atoms. The molecule has 0 saturated heterocycles. The molecule has 4 heteroatoms. The van der Waals surface area contributed by atoms with Crippen LogP contribution in [0, 0.1) is 6.92 Å². The first-order valence-corrected chi connectivity index (χ1v) is 7.20. The van der Waals surface area contributed by atoms with Gasteiger partial charge in [-0.3, -0.25) is 9.59 Å². The average molecular weight is 274 g/mol. The summed E-state index contributed by atoms with van der Waals surface area (Å²) in [6.07, 6.45) is 0.410. The minimum absolute atomic E-state index is 0.00237. The predicted octanol–water partition coefficient (Wildman–Crippen LogP) is 2.78. The average Bonchev–Trinajstić information content (AvgIpc) is 2.41. The largest absolute Gasteiger partial charge is 0.372 e. The number of Topliss-reactive ketones (excluding diaryl/α,β-unsaturated/α-hetero) is 1. The third kappa shape index (κ3) is 2.42. The Morgan fingerprint density at radius 3 is 2.50 bits per heavy atom. The molecule has 0 N–H and O–H groups in total. The van der Waals surface area contributed by atoms with E-state index >= 15 is 0 Å². The van der Waals surface area contributed by atoms with Crippen LogP contribution in [0.2, 0.25) is 0 Å². The van der Waals surface area contributed by atoms with Gasteiger partial charge in [0.2, 0.25) is 5.91 Å². The van der Waals surface area contributed by atoms with E-state index < -0.39 is 0 Å². The molecule has 1 aliphatic rings. The van der Waals surface area contributed by atoms with Gasteiger partial charge in [0.25, 0.3) is 0 Å². The van der Waals surface area contributed by atoms with E-state index in [2.05, 4.69) is 24.8 Å². The Bertz CT molecular complexity index is 548. The first-order chi connectivity index (χ1) is 9.49. The third-order valence-electron chi connectivity index (χ3n) is 3.93. The molecule has 0 aromatic heterocycles. The van der Waals surface area contributed by atoms with E-state index in [4.69, 9.17) is 0 Å². The summed E-state index contributed by atoms with van der Waals surface area (Å²) < 4.78 is 0. The summed E-state index contributed by atoms with van der Waals surface area (Å²) >= 11 is 0. The first kappa shape index (κ1) is 14.6. The van der Waals surface area contributed by atoms with E-state index in [0.717, 1.165) is 30.0 Å². The maximum Gasteiger partial charge on any atom is 0.223 e. The molecule has 0 radical (unpaired) electrons. The summed E-state index contributed by atoms with van der Waals surface area (Å²) in [5.74, 6) is 0.132. The molecule has 20 heavy (non-hydrogen) atoms. The van der Waals surface area contributed by atoms with E-state index in [9.17, 15) is 9.59 Å². The molecule has 0 saturated carbocycles. The van der Waals surface area contributed by atoms with Gasteiger partial charge < -0.3 is 9.80 Å². The van der Waals surface area contributed by atoms with Gasteiger partial charge in [0.15, 0.2) is 5.78 Å². The fourth-order valence-corrected chi connectivity index (χ4v) is 2.88. The summed E-state index contributed by atoms with van der Waals surface area (Å²) in [6, 6.07) is 4.01. The molecule has 1 amide bonds. The van der Waals surface area contributed by atoms with Crippen molar-refractivity contribution >= 4 is 23.1 Å². The summed E-state index contributed by atoms with van der Waals surface area (Å²) in [5, 5.41) is 0. The van der Waals surface area contributed by atoms with Crippen molar-refractivity contribution in [1.29, 1.82) is 0 Å². The second-order valence-electron chi connectivity index (χ2n) is 5.17. The van der Waals surface area contributed by atoms with Crippen LogP contribution in [0.1, 0.15) is 43.1 Å². The van der Waals surface area contributed by atoms with Gasteiger partial charge in [-0.2, -0.15) is 0 Å². The number of carbonyl (C=O) groups is 2. The Kier molecular flexibility index (Phi) is 4.12. The monoisotopic (exact) mass is 274 g/mol. The summed E-state index contributed by atoms with van der Waals surface area (Å²) in [7, 11) is 0. The van der Waals surface area contributed by atoms with E-state index in [1.807, 2.05) is 13.0 Å². The number of hydrogen-bond acceptors (Lipinski definition) is 3. The maximum absolute atomic E-state index is 12.2. The van der Waals surface area contributed by atoms with Crippen molar-refractivity contribution < 1.29 is 9.59 Å². The quantitative estimate of drug-likeness (QED) is 0.851. The Hall–Kier alpha value is -1.84. The zero-order valence-electron chi connectivity index (χ0n) is 12.7. The molecule has 0 spiro atoms. The molecule has 108 valence electrons. The highest BCUT2D eigenvalue weighted by Crippen LogP contribution is 2.34. The van der Waals surface area contributed by atoms with E-state index in [1.165, 1.54) is 0 Å². The lowest BCUT2D eigenvalue weighted by Crippen LogP contribution is -2.36. The Balaban J connectivity index is 2.57. The highest BCUT2D eigenvalue weighted by atomic mass is 16.2. The number of amides is 1. The fraction of sp³-hybridized carbons (Fsp3) is 0.500. The van der Waals surface area contributed by atoms with Crippen LogP contribution in [0.3, 0.4) is 0 Å². The van der Waals surface area contributed by atoms with Crippen LogP contribution in [0.25, 0.3) is 0 Å². The van der Waals surface area contributed by atoms with Crippen LogP contribution in [0.5, 0.6) is 0 Å². The summed E-state index contributed by atoms with van der Waals surface area (Å²) in [5.41, 5.74) is 3.54. The molecular weight excluding hydrogens is 252 g/mol. The highest BCUT2D eigenvalue weighted by molar-refractivity contribution is 6.09. The number of nitrogens with zero attached hydrogens (tertiary/aromatic N) is 2. The molecule has 0 atom stereocenters. The Morgan fingerprint density at radius 1 is 1.30 bits per heavy atom. The van der Waals surface area contributed by atoms with Crippen LogP contribution >= 0.6 is 0 Å². The summed E-state index contributed by atoms with van der Waals surface area (Å²) in [4.78, 5) is 27.9. The Morgan fingerprint density at radius 2 is 1.95 bits per heavy atom. The van der Waals surface area contributed by atoms with Gasteiger partial charge in [0.05, 0.1) is 5.69 Å².